The van der Waals surface area contributed by atoms with Gasteiger partial charge in [-0.2, -0.15) is 0 Å². The smallest absolute Gasteiger partial charge is 0.0509 e. The van der Waals surface area contributed by atoms with Gasteiger partial charge < -0.3 is 15.4 Å². The fraction of sp³-hybridized carbons (Fsp3) is 1.00. The van der Waals surface area contributed by atoms with Crippen molar-refractivity contribution >= 4 is 0 Å². The number of piperidine rings is 1. The van der Waals surface area contributed by atoms with Crippen molar-refractivity contribution < 1.29 is 4.74 Å². The summed E-state index contributed by atoms with van der Waals surface area (Å²) in [7, 11) is 0. The molecular formula is C15H30N2O. The Hall–Kier alpha value is -0.120. The molecule has 2 aliphatic rings. The molecule has 2 saturated heterocycles. The molecule has 3 nitrogen and oxygen atoms in total. The average Bonchev–Trinajstić information content (AvgIpc) is 2.91. The zero-order chi connectivity index (χ0) is 13.0. The van der Waals surface area contributed by atoms with Gasteiger partial charge in [0.05, 0.1) is 6.61 Å². The maximum Gasteiger partial charge on any atom is 0.0509 e. The molecule has 0 aromatic rings. The Labute approximate surface area is 112 Å². The van der Waals surface area contributed by atoms with Crippen LogP contribution in [0.2, 0.25) is 0 Å². The topological polar surface area (TPSA) is 33.3 Å². The number of rotatable bonds is 5. The molecule has 18 heavy (non-hydrogen) atoms. The minimum atomic E-state index is 0.390. The summed E-state index contributed by atoms with van der Waals surface area (Å²) < 4.78 is 5.48. The van der Waals surface area contributed by atoms with E-state index in [1.807, 2.05) is 0 Å². The maximum atomic E-state index is 5.48. The molecule has 2 aliphatic heterocycles. The summed E-state index contributed by atoms with van der Waals surface area (Å²) in [6.07, 6.45) is 3.93. The van der Waals surface area contributed by atoms with E-state index in [-0.39, 0.29) is 0 Å². The van der Waals surface area contributed by atoms with Gasteiger partial charge in [0.15, 0.2) is 0 Å². The molecule has 2 N–H and O–H groups in total. The third-order valence-electron chi connectivity index (χ3n) is 4.95. The van der Waals surface area contributed by atoms with E-state index in [1.54, 1.807) is 0 Å². The van der Waals surface area contributed by atoms with Crippen LogP contribution in [-0.2, 0) is 4.74 Å². The predicted octanol–water partition coefficient (Wildman–Crippen LogP) is 2.03. The van der Waals surface area contributed by atoms with Crippen molar-refractivity contribution in [3.8, 4) is 0 Å². The van der Waals surface area contributed by atoms with E-state index in [1.165, 1.54) is 32.4 Å². The summed E-state index contributed by atoms with van der Waals surface area (Å²) in [6.45, 7) is 12.5. The van der Waals surface area contributed by atoms with Crippen molar-refractivity contribution in [2.75, 3.05) is 32.8 Å². The molecule has 0 amide bonds. The summed E-state index contributed by atoms with van der Waals surface area (Å²) in [5, 5.41) is 7.29. The Kier molecular flexibility index (Phi) is 5.05. The Morgan fingerprint density at radius 2 is 2.22 bits per heavy atom. The molecule has 0 radical (unpaired) electrons. The van der Waals surface area contributed by atoms with Crippen LogP contribution in [0.3, 0.4) is 0 Å². The van der Waals surface area contributed by atoms with Crippen LogP contribution < -0.4 is 10.6 Å². The molecule has 3 heteroatoms. The van der Waals surface area contributed by atoms with Crippen LogP contribution >= 0.6 is 0 Å². The van der Waals surface area contributed by atoms with Crippen LogP contribution in [0.5, 0.6) is 0 Å². The summed E-state index contributed by atoms with van der Waals surface area (Å²) in [5.74, 6) is 1.52. The molecule has 2 rings (SSSR count). The van der Waals surface area contributed by atoms with E-state index in [2.05, 4.69) is 31.4 Å². The van der Waals surface area contributed by atoms with E-state index in [0.29, 0.717) is 17.4 Å². The lowest BCUT2D eigenvalue weighted by atomic mass is 9.74. The van der Waals surface area contributed by atoms with Crippen molar-refractivity contribution in [2.45, 2.75) is 46.1 Å². The van der Waals surface area contributed by atoms with Gasteiger partial charge in [0.2, 0.25) is 0 Å². The fourth-order valence-electron chi connectivity index (χ4n) is 3.20. The van der Waals surface area contributed by atoms with Gasteiger partial charge in [-0.1, -0.05) is 13.8 Å². The van der Waals surface area contributed by atoms with Gasteiger partial charge >= 0.3 is 0 Å². The molecular weight excluding hydrogens is 224 g/mol. The van der Waals surface area contributed by atoms with Gasteiger partial charge in [-0.15, -0.1) is 0 Å². The SMILES string of the molecule is CC(NCC(C)(C)C1CCCNC1)C1CCOC1. The zero-order valence-corrected chi connectivity index (χ0v) is 12.3. The molecule has 2 fully saturated rings. The Morgan fingerprint density at radius 1 is 1.39 bits per heavy atom. The minimum Gasteiger partial charge on any atom is -0.381 e. The molecule has 0 bridgehead atoms. The lowest BCUT2D eigenvalue weighted by Gasteiger charge is -2.38. The highest BCUT2D eigenvalue weighted by Gasteiger charge is 2.31. The van der Waals surface area contributed by atoms with Crippen molar-refractivity contribution in [1.29, 1.82) is 0 Å². The first-order valence-electron chi connectivity index (χ1n) is 7.61. The van der Waals surface area contributed by atoms with Gasteiger partial charge in [0.25, 0.3) is 0 Å². The summed E-state index contributed by atoms with van der Waals surface area (Å²) in [6, 6.07) is 0.586. The second-order valence-corrected chi connectivity index (χ2v) is 6.83. The highest BCUT2D eigenvalue weighted by atomic mass is 16.5. The molecule has 0 spiro atoms. The van der Waals surface area contributed by atoms with Crippen LogP contribution in [0.25, 0.3) is 0 Å². The van der Waals surface area contributed by atoms with Crippen LogP contribution in [0.15, 0.2) is 0 Å². The number of ether oxygens (including phenoxy) is 1. The lowest BCUT2D eigenvalue weighted by molar-refractivity contribution is 0.149. The van der Waals surface area contributed by atoms with Gasteiger partial charge in [0.1, 0.15) is 0 Å². The second kappa shape index (κ2) is 6.36. The summed E-state index contributed by atoms with van der Waals surface area (Å²) in [5.41, 5.74) is 0.390. The number of hydrogen-bond donors (Lipinski definition) is 2. The van der Waals surface area contributed by atoms with Gasteiger partial charge in [0, 0.05) is 19.2 Å². The first-order chi connectivity index (χ1) is 8.59. The first-order valence-corrected chi connectivity index (χ1v) is 7.61. The van der Waals surface area contributed by atoms with Crippen LogP contribution in [0, 0.1) is 17.3 Å². The standard InChI is InChI=1S/C15H30N2O/c1-12(13-6-8-18-10-13)17-11-15(2,3)14-5-4-7-16-9-14/h12-14,16-17H,4-11H2,1-3H3. The van der Waals surface area contributed by atoms with E-state index >= 15 is 0 Å². The molecule has 106 valence electrons. The third-order valence-corrected chi connectivity index (χ3v) is 4.95. The Balaban J connectivity index is 1.76. The quantitative estimate of drug-likeness (QED) is 0.787. The predicted molar refractivity (Wildman–Crippen MR) is 75.8 cm³/mol. The summed E-state index contributed by atoms with van der Waals surface area (Å²) in [4.78, 5) is 0. The van der Waals surface area contributed by atoms with E-state index < -0.39 is 0 Å². The van der Waals surface area contributed by atoms with Gasteiger partial charge in [-0.25, -0.2) is 0 Å². The van der Waals surface area contributed by atoms with Crippen LogP contribution in [0.4, 0.5) is 0 Å². The molecule has 0 saturated carbocycles. The van der Waals surface area contributed by atoms with Crippen LogP contribution in [0.1, 0.15) is 40.0 Å². The molecule has 3 unspecified atom stereocenters. The van der Waals surface area contributed by atoms with E-state index in [4.69, 9.17) is 4.74 Å². The van der Waals surface area contributed by atoms with Gasteiger partial charge in [-0.3, -0.25) is 0 Å². The first kappa shape index (κ1) is 14.3. The van der Waals surface area contributed by atoms with Crippen LogP contribution in [-0.4, -0.2) is 38.9 Å². The second-order valence-electron chi connectivity index (χ2n) is 6.83. The lowest BCUT2D eigenvalue weighted by Crippen LogP contribution is -2.46. The fourth-order valence-corrected chi connectivity index (χ4v) is 3.20. The molecule has 2 heterocycles. The molecule has 0 aromatic carbocycles. The highest BCUT2D eigenvalue weighted by molar-refractivity contribution is 4.86. The Morgan fingerprint density at radius 3 is 2.83 bits per heavy atom. The maximum absolute atomic E-state index is 5.48. The van der Waals surface area contributed by atoms with Crippen molar-refractivity contribution in [3.05, 3.63) is 0 Å². The largest absolute Gasteiger partial charge is 0.381 e. The highest BCUT2D eigenvalue weighted by Crippen LogP contribution is 2.31. The normalized spacial score (nSPS) is 31.5. The van der Waals surface area contributed by atoms with Crippen molar-refractivity contribution in [3.63, 3.8) is 0 Å². The van der Waals surface area contributed by atoms with Gasteiger partial charge in [-0.05, 0) is 56.5 Å². The van der Waals surface area contributed by atoms with Crippen molar-refractivity contribution in [1.82, 2.24) is 10.6 Å². The molecule has 3 atom stereocenters. The Bertz CT molecular complexity index is 243. The third kappa shape index (κ3) is 3.69. The zero-order valence-electron chi connectivity index (χ0n) is 12.3. The number of hydrogen-bond acceptors (Lipinski definition) is 3. The molecule has 0 aliphatic carbocycles. The average molecular weight is 254 g/mol. The summed E-state index contributed by atoms with van der Waals surface area (Å²) >= 11 is 0. The monoisotopic (exact) mass is 254 g/mol. The van der Waals surface area contributed by atoms with E-state index in [0.717, 1.165) is 25.7 Å². The van der Waals surface area contributed by atoms with E-state index in [9.17, 15) is 0 Å². The van der Waals surface area contributed by atoms with Crippen molar-refractivity contribution in [2.24, 2.45) is 17.3 Å². The number of nitrogens with one attached hydrogen (secondary N) is 2. The minimum absolute atomic E-state index is 0.390. The molecule has 0 aromatic heterocycles.